The highest BCUT2D eigenvalue weighted by molar-refractivity contribution is 5.50. The molecule has 22 heavy (non-hydrogen) atoms. The second-order valence-corrected chi connectivity index (χ2v) is 5.19. The van der Waals surface area contributed by atoms with Crippen molar-refractivity contribution in [1.82, 2.24) is 0 Å². The molecule has 0 spiro atoms. The van der Waals surface area contributed by atoms with Crippen LogP contribution < -0.4 is 0 Å². The molecule has 0 heterocycles. The van der Waals surface area contributed by atoms with Gasteiger partial charge >= 0.3 is 0 Å². The van der Waals surface area contributed by atoms with Crippen LogP contribution in [0.15, 0.2) is 36.1 Å². The van der Waals surface area contributed by atoms with Gasteiger partial charge in [-0.15, -0.1) is 0 Å². The van der Waals surface area contributed by atoms with E-state index in [2.05, 4.69) is 19.1 Å². The first-order chi connectivity index (χ1) is 10.7. The van der Waals surface area contributed by atoms with E-state index in [1.165, 1.54) is 0 Å². The van der Waals surface area contributed by atoms with E-state index in [-0.39, 0.29) is 4.92 Å². The van der Waals surface area contributed by atoms with Crippen LogP contribution in [-0.2, 0) is 4.79 Å². The molecule has 4 nitrogen and oxygen atoms in total. The van der Waals surface area contributed by atoms with Gasteiger partial charge in [-0.2, -0.15) is 0 Å². The fourth-order valence-electron chi connectivity index (χ4n) is 2.04. The van der Waals surface area contributed by atoms with Crippen molar-refractivity contribution in [2.45, 2.75) is 71.1 Å². The van der Waals surface area contributed by atoms with Gasteiger partial charge in [0.2, 0.25) is 5.70 Å². The first-order valence-corrected chi connectivity index (χ1v) is 8.20. The smallest absolute Gasteiger partial charge is 0.242 e. The Labute approximate surface area is 134 Å². The van der Waals surface area contributed by atoms with Gasteiger partial charge in [0.15, 0.2) is 6.29 Å². The zero-order chi connectivity index (χ0) is 16.5. The monoisotopic (exact) mass is 306 g/mol. The molecule has 0 saturated heterocycles. The third-order valence-electron chi connectivity index (χ3n) is 3.28. The molecule has 123 valence electrons. The first kappa shape index (κ1) is 20.3. The van der Waals surface area contributed by atoms with Gasteiger partial charge in [-0.1, -0.05) is 50.5 Å². The van der Waals surface area contributed by atoms with Crippen LogP contribution in [0.3, 0.4) is 0 Å². The maximum absolute atomic E-state index is 11.0. The predicted molar refractivity (Wildman–Crippen MR) is 90.9 cm³/mol. The van der Waals surface area contributed by atoms with Crippen molar-refractivity contribution < 1.29 is 9.72 Å². The molecule has 0 aliphatic heterocycles. The van der Waals surface area contributed by atoms with E-state index in [1.807, 2.05) is 18.4 Å². The highest BCUT2D eigenvalue weighted by Gasteiger charge is 2.08. The van der Waals surface area contributed by atoms with Crippen molar-refractivity contribution in [2.24, 2.45) is 0 Å². The lowest BCUT2D eigenvalue weighted by Gasteiger charge is -2.00. The molecule has 4 heteroatoms. The van der Waals surface area contributed by atoms with E-state index in [9.17, 15) is 14.9 Å². The van der Waals surface area contributed by atoms with Crippen molar-refractivity contribution in [1.29, 1.82) is 0 Å². The fourth-order valence-corrected chi connectivity index (χ4v) is 2.04. The molecule has 0 aromatic rings. The fraction of sp³-hybridized carbons (Fsp3) is 0.611. The summed E-state index contributed by atoms with van der Waals surface area (Å²) in [4.78, 5) is 20.7. The molecule has 0 saturated carbocycles. The molecular formula is C18H28NO3. The lowest BCUT2D eigenvalue weighted by Crippen LogP contribution is -1.98. The number of carbonyl (C=O) groups excluding carboxylic acids is 1. The molecule has 0 aromatic heterocycles. The summed E-state index contributed by atoms with van der Waals surface area (Å²) in [7, 11) is 0. The van der Waals surface area contributed by atoms with Gasteiger partial charge in [0.05, 0.1) is 4.92 Å². The van der Waals surface area contributed by atoms with Gasteiger partial charge in [-0.3, -0.25) is 14.9 Å². The van der Waals surface area contributed by atoms with E-state index >= 15 is 0 Å². The average Bonchev–Trinajstić information content (AvgIpc) is 2.50. The zero-order valence-corrected chi connectivity index (χ0v) is 13.6. The second-order valence-electron chi connectivity index (χ2n) is 5.19. The Balaban J connectivity index is 3.89. The van der Waals surface area contributed by atoms with Gasteiger partial charge in [-0.25, -0.2) is 0 Å². The van der Waals surface area contributed by atoms with Crippen molar-refractivity contribution >= 4 is 6.29 Å². The lowest BCUT2D eigenvalue weighted by atomic mass is 10.1. The summed E-state index contributed by atoms with van der Waals surface area (Å²) in [6.07, 6.45) is 20.1. The summed E-state index contributed by atoms with van der Waals surface area (Å²) in [6.45, 7) is 2.09. The minimum absolute atomic E-state index is 0.272. The van der Waals surface area contributed by atoms with E-state index in [4.69, 9.17) is 0 Å². The number of unbranched alkanes of at least 4 members (excludes halogenated alkanes) is 5. The Bertz CT molecular complexity index is 384. The Hall–Kier alpha value is -1.71. The normalized spacial score (nSPS) is 12.3. The van der Waals surface area contributed by atoms with E-state index in [1.54, 1.807) is 6.08 Å². The van der Waals surface area contributed by atoms with Gasteiger partial charge in [0.25, 0.3) is 0 Å². The molecule has 0 aliphatic rings. The zero-order valence-electron chi connectivity index (χ0n) is 13.6. The molecule has 0 atom stereocenters. The molecule has 0 fully saturated rings. The highest BCUT2D eigenvalue weighted by atomic mass is 16.6. The maximum atomic E-state index is 11.0. The van der Waals surface area contributed by atoms with Crippen LogP contribution in [0.1, 0.15) is 71.1 Å². The number of hydrogen-bond acceptors (Lipinski definition) is 3. The number of hydrogen-bond donors (Lipinski definition) is 0. The molecule has 0 unspecified atom stereocenters. The molecule has 0 aromatic carbocycles. The first-order valence-electron chi connectivity index (χ1n) is 8.20. The van der Waals surface area contributed by atoms with Gasteiger partial charge in [0, 0.05) is 12.8 Å². The summed E-state index contributed by atoms with van der Waals surface area (Å²) >= 11 is 0. The van der Waals surface area contributed by atoms with Crippen LogP contribution >= 0.6 is 0 Å². The summed E-state index contributed by atoms with van der Waals surface area (Å²) in [5.41, 5.74) is 0.315. The van der Waals surface area contributed by atoms with Gasteiger partial charge < -0.3 is 0 Å². The second kappa shape index (κ2) is 15.7. The van der Waals surface area contributed by atoms with Crippen LogP contribution in [0.5, 0.6) is 0 Å². The molecule has 1 radical (unpaired) electrons. The number of nitrogens with zero attached hydrogens (tertiary/aromatic N) is 1. The minimum Gasteiger partial charge on any atom is -0.291 e. The Morgan fingerprint density at radius 3 is 2.32 bits per heavy atom. The Kier molecular flexibility index (Phi) is 14.5. The van der Waals surface area contributed by atoms with Crippen LogP contribution in [0.4, 0.5) is 0 Å². The summed E-state index contributed by atoms with van der Waals surface area (Å²) in [5.74, 6) is 0. The van der Waals surface area contributed by atoms with Crippen LogP contribution in [0, 0.1) is 10.1 Å². The Morgan fingerprint density at radius 1 is 1.00 bits per heavy atom. The van der Waals surface area contributed by atoms with Crippen molar-refractivity contribution in [2.75, 3.05) is 0 Å². The van der Waals surface area contributed by atoms with Crippen molar-refractivity contribution in [3.63, 3.8) is 0 Å². The quantitative estimate of drug-likeness (QED) is 0.189. The van der Waals surface area contributed by atoms with E-state index in [0.717, 1.165) is 44.9 Å². The molecule has 0 N–H and O–H groups in total. The number of allylic oxidation sites excluding steroid dienone is 6. The maximum Gasteiger partial charge on any atom is 0.242 e. The predicted octanol–water partition coefficient (Wildman–Crippen LogP) is 5.29. The standard InChI is InChI=1S/C18H28NO3/c1-2-3-4-5-6-9-12-15-18(19(21)22)16-13-10-7-8-11-14-17-20/h3-4,6,9,15H,2,5,7-8,10-14,16H2,1H3/b4-3-,9-6-,18-15+. The minimum atomic E-state index is -0.272. The van der Waals surface area contributed by atoms with Crippen LogP contribution in [-0.4, -0.2) is 11.2 Å². The molecule has 0 amide bonds. The molecule has 0 rings (SSSR count). The summed E-state index contributed by atoms with van der Waals surface area (Å²) in [5, 5.41) is 11.0. The lowest BCUT2D eigenvalue weighted by molar-refractivity contribution is -0.428. The van der Waals surface area contributed by atoms with Gasteiger partial charge in [-0.05, 0) is 38.2 Å². The molecular weight excluding hydrogens is 278 g/mol. The van der Waals surface area contributed by atoms with Crippen LogP contribution in [0.25, 0.3) is 0 Å². The number of rotatable bonds is 14. The number of nitro groups is 1. The van der Waals surface area contributed by atoms with Crippen molar-refractivity contribution in [3.8, 4) is 0 Å². The average molecular weight is 306 g/mol. The Morgan fingerprint density at radius 2 is 1.64 bits per heavy atom. The van der Waals surface area contributed by atoms with Crippen molar-refractivity contribution in [3.05, 3.63) is 46.2 Å². The highest BCUT2D eigenvalue weighted by Crippen LogP contribution is 2.13. The summed E-state index contributed by atoms with van der Waals surface area (Å²) < 4.78 is 0. The molecule has 0 aliphatic carbocycles. The third-order valence-corrected chi connectivity index (χ3v) is 3.28. The molecule has 0 bridgehead atoms. The largest absolute Gasteiger partial charge is 0.291 e. The van der Waals surface area contributed by atoms with Crippen LogP contribution in [0.2, 0.25) is 0 Å². The summed E-state index contributed by atoms with van der Waals surface area (Å²) in [6, 6.07) is 0. The third kappa shape index (κ3) is 13.3. The SMILES string of the molecule is CC/C=C\C/C=C\C/C=C(\CCCCCCC[C]=O)[N+](=O)[O-]. The van der Waals surface area contributed by atoms with E-state index < -0.39 is 0 Å². The van der Waals surface area contributed by atoms with E-state index in [0.29, 0.717) is 25.0 Å². The topological polar surface area (TPSA) is 60.2 Å². The van der Waals surface area contributed by atoms with Gasteiger partial charge in [0.1, 0.15) is 0 Å².